The molecular formula is C36H47N5O9. The van der Waals surface area contributed by atoms with Crippen LogP contribution in [-0.4, -0.2) is 91.3 Å². The van der Waals surface area contributed by atoms with Gasteiger partial charge in [0.15, 0.2) is 24.0 Å². The number of ether oxygens (including phenoxy) is 4. The Bertz CT molecular complexity index is 1730. The van der Waals surface area contributed by atoms with Gasteiger partial charge in [0.2, 0.25) is 5.91 Å². The highest BCUT2D eigenvalue weighted by Crippen LogP contribution is 2.57. The second-order valence-electron chi connectivity index (χ2n) is 14.5. The number of piperazine rings is 1. The third-order valence-electron chi connectivity index (χ3n) is 10.3. The fourth-order valence-corrected chi connectivity index (χ4v) is 8.21. The molecular weight excluding hydrogens is 646 g/mol. The molecule has 1 saturated heterocycles. The maximum atomic E-state index is 13.5. The summed E-state index contributed by atoms with van der Waals surface area (Å²) in [5, 5.41) is 28.3. The summed E-state index contributed by atoms with van der Waals surface area (Å²) in [6, 6.07) is 1.73. The van der Waals surface area contributed by atoms with Crippen LogP contribution >= 0.6 is 0 Å². The number of benzene rings is 2. The molecule has 2 aromatic carbocycles. The molecule has 14 nitrogen and oxygen atoms in total. The molecule has 50 heavy (non-hydrogen) atoms. The van der Waals surface area contributed by atoms with E-state index in [1.54, 1.807) is 41.9 Å². The van der Waals surface area contributed by atoms with E-state index in [9.17, 15) is 20.0 Å². The van der Waals surface area contributed by atoms with Crippen LogP contribution in [0.4, 0.5) is 4.79 Å². The van der Waals surface area contributed by atoms with Crippen molar-refractivity contribution in [3.63, 3.8) is 0 Å². The average Bonchev–Trinajstić information content (AvgIpc) is 3.54. The van der Waals surface area contributed by atoms with Gasteiger partial charge >= 0.3 is 6.09 Å². The molecule has 4 heterocycles. The number of fused-ring (bicyclic) bond motifs is 9. The van der Waals surface area contributed by atoms with E-state index >= 15 is 0 Å². The third kappa shape index (κ3) is 5.96. The van der Waals surface area contributed by atoms with E-state index < -0.39 is 35.7 Å². The topological polar surface area (TPSA) is 164 Å². The molecule has 14 heteroatoms. The first-order valence-electron chi connectivity index (χ1n) is 16.9. The van der Waals surface area contributed by atoms with Gasteiger partial charge in [-0.2, -0.15) is 10.1 Å². The van der Waals surface area contributed by atoms with E-state index in [-0.39, 0.29) is 43.8 Å². The number of aryl methyl sites for hydroxylation is 1. The van der Waals surface area contributed by atoms with Gasteiger partial charge in [0.25, 0.3) is 0 Å². The van der Waals surface area contributed by atoms with Gasteiger partial charge in [0.05, 0.1) is 25.3 Å². The van der Waals surface area contributed by atoms with E-state index in [0.29, 0.717) is 46.8 Å². The number of phenolic OH excluding ortho intramolecular Hbond substituents is 1. The number of methoxy groups -OCH3 is 2. The van der Waals surface area contributed by atoms with Crippen LogP contribution in [0.1, 0.15) is 78.7 Å². The SMILES string of the molecule is COCOc1c(OC)c(C)cc2c1[C@@H]1C3Cc4c(O)c(C)c5c(c4[C@H](CNC(=O)[C@@H](C)NC(=O)OC(C)(C)C)N3C(C#N)[C@H](C2)N1C)OOC5. The lowest BCUT2D eigenvalue weighted by molar-refractivity contribution is -0.195. The maximum absolute atomic E-state index is 13.5. The molecule has 270 valence electrons. The molecule has 6 rings (SSSR count). The molecule has 0 aromatic heterocycles. The number of aromatic hydroxyl groups is 1. The molecule has 2 aromatic rings. The van der Waals surface area contributed by atoms with Gasteiger partial charge in [-0.3, -0.25) is 14.6 Å². The third-order valence-corrected chi connectivity index (χ3v) is 10.3. The van der Waals surface area contributed by atoms with Crippen molar-refractivity contribution in [3.05, 3.63) is 45.0 Å². The van der Waals surface area contributed by atoms with Crippen molar-refractivity contribution >= 4 is 12.0 Å². The van der Waals surface area contributed by atoms with Crippen LogP contribution in [0.15, 0.2) is 6.07 Å². The zero-order valence-electron chi connectivity index (χ0n) is 30.1. The number of phenols is 1. The summed E-state index contributed by atoms with van der Waals surface area (Å²) in [4.78, 5) is 41.6. The monoisotopic (exact) mass is 693 g/mol. The first-order valence-corrected chi connectivity index (χ1v) is 16.9. The second kappa shape index (κ2) is 13.4. The number of nitrogens with zero attached hydrogens (tertiary/aromatic N) is 3. The summed E-state index contributed by atoms with van der Waals surface area (Å²) < 4.78 is 22.8. The summed E-state index contributed by atoms with van der Waals surface area (Å²) in [7, 11) is 5.20. The number of carbonyl (C=O) groups excluding carboxylic acids is 2. The molecule has 6 atom stereocenters. The number of likely N-dealkylation sites (N-methyl/N-ethyl adjacent to an activating group) is 1. The maximum Gasteiger partial charge on any atom is 0.408 e. The Hall–Kier alpha value is -4.29. The Morgan fingerprint density at radius 1 is 1.14 bits per heavy atom. The van der Waals surface area contributed by atoms with Crippen LogP contribution < -0.4 is 25.0 Å². The first kappa shape index (κ1) is 35.5. The highest BCUT2D eigenvalue weighted by atomic mass is 17.2. The summed E-state index contributed by atoms with van der Waals surface area (Å²) in [5.74, 6) is 1.38. The largest absolute Gasteiger partial charge is 0.507 e. The number of nitrogens with one attached hydrogen (secondary N) is 2. The van der Waals surface area contributed by atoms with Crippen molar-refractivity contribution < 1.29 is 43.4 Å². The van der Waals surface area contributed by atoms with E-state index in [2.05, 4.69) is 32.6 Å². The molecule has 0 spiro atoms. The highest BCUT2D eigenvalue weighted by molar-refractivity contribution is 5.85. The van der Waals surface area contributed by atoms with Crippen molar-refractivity contribution in [3.8, 4) is 29.1 Å². The lowest BCUT2D eigenvalue weighted by Gasteiger charge is -2.60. The number of amides is 2. The van der Waals surface area contributed by atoms with Crippen molar-refractivity contribution in [1.29, 1.82) is 5.26 Å². The fourth-order valence-electron chi connectivity index (χ4n) is 8.21. The smallest absolute Gasteiger partial charge is 0.408 e. The normalized spacial score (nSPS) is 24.4. The van der Waals surface area contributed by atoms with Gasteiger partial charge in [-0.05, 0) is 72.6 Å². The Morgan fingerprint density at radius 3 is 2.54 bits per heavy atom. The van der Waals surface area contributed by atoms with Gasteiger partial charge in [-0.15, -0.1) is 0 Å². The molecule has 0 saturated carbocycles. The molecule has 2 bridgehead atoms. The van der Waals surface area contributed by atoms with E-state index in [4.69, 9.17) is 28.7 Å². The van der Waals surface area contributed by atoms with Crippen LogP contribution in [0.5, 0.6) is 23.0 Å². The lowest BCUT2D eigenvalue weighted by atomic mass is 9.71. The summed E-state index contributed by atoms with van der Waals surface area (Å²) >= 11 is 0. The predicted molar refractivity (Wildman–Crippen MR) is 180 cm³/mol. The Labute approximate surface area is 292 Å². The number of alkyl carbamates (subject to hydrolysis) is 1. The quantitative estimate of drug-likeness (QED) is 0.272. The summed E-state index contributed by atoms with van der Waals surface area (Å²) in [6.45, 7) is 10.8. The number of carbonyl (C=O) groups is 2. The minimum atomic E-state index is -0.915. The zero-order valence-corrected chi connectivity index (χ0v) is 30.1. The number of nitriles is 1. The van der Waals surface area contributed by atoms with Gasteiger partial charge in [-0.1, -0.05) is 6.07 Å². The van der Waals surface area contributed by atoms with Crippen molar-refractivity contribution in [1.82, 2.24) is 20.4 Å². The van der Waals surface area contributed by atoms with Gasteiger partial charge in [0, 0.05) is 53.6 Å². The Kier molecular flexibility index (Phi) is 9.55. The minimum absolute atomic E-state index is 0.0117. The zero-order chi connectivity index (χ0) is 36.2. The second-order valence-corrected chi connectivity index (χ2v) is 14.5. The number of rotatable bonds is 8. The van der Waals surface area contributed by atoms with E-state index in [0.717, 1.165) is 22.3 Å². The van der Waals surface area contributed by atoms with Crippen molar-refractivity contribution in [2.75, 3.05) is 34.6 Å². The lowest BCUT2D eigenvalue weighted by Crippen LogP contribution is -2.69. The number of hydrogen-bond donors (Lipinski definition) is 3. The highest BCUT2D eigenvalue weighted by Gasteiger charge is 2.57. The molecule has 2 amide bonds. The Morgan fingerprint density at radius 2 is 1.88 bits per heavy atom. The molecule has 3 N–H and O–H groups in total. The molecule has 4 aliphatic heterocycles. The van der Waals surface area contributed by atoms with Crippen LogP contribution in [0.2, 0.25) is 0 Å². The van der Waals surface area contributed by atoms with Crippen molar-refractivity contribution in [2.45, 2.75) is 103 Å². The molecule has 1 fully saturated rings. The predicted octanol–water partition coefficient (Wildman–Crippen LogP) is 3.63. The molecule has 2 unspecified atom stereocenters. The van der Waals surface area contributed by atoms with Crippen LogP contribution in [0.3, 0.4) is 0 Å². The number of hydrogen-bond acceptors (Lipinski definition) is 12. The van der Waals surface area contributed by atoms with E-state index in [1.807, 2.05) is 20.9 Å². The first-order chi connectivity index (χ1) is 23.7. The van der Waals surface area contributed by atoms with Gasteiger partial charge in [0.1, 0.15) is 30.0 Å². The fraction of sp³-hybridized carbons (Fsp3) is 0.583. The molecule has 0 radical (unpaired) electrons. The van der Waals surface area contributed by atoms with Crippen LogP contribution in [0.25, 0.3) is 0 Å². The molecule has 0 aliphatic carbocycles. The summed E-state index contributed by atoms with van der Waals surface area (Å²) in [6.07, 6.45) is 0.232. The van der Waals surface area contributed by atoms with Crippen LogP contribution in [0, 0.1) is 25.2 Å². The standard InChI is InChI=1S/C36H47N5O9/c1-17-10-20-11-23-25(13-37)41-24(29(40(23)7)27(20)33(31(17)46-9)47-16-45-8)12-21-28(32-22(15-48-50-32)18(2)30(21)42)26(41)14-38-34(43)19(3)39-35(44)49-36(4,5)6/h10,19,23-26,29,42H,11-12,14-16H2,1-9H3,(H,38,43)(H,39,44)/t19-,23+,24?,25?,26+,29+/m1/s1. The Balaban J connectivity index is 1.46. The van der Waals surface area contributed by atoms with Gasteiger partial charge < -0.3 is 39.6 Å². The average molecular weight is 694 g/mol. The summed E-state index contributed by atoms with van der Waals surface area (Å²) in [5.41, 5.74) is 4.90. The van der Waals surface area contributed by atoms with Crippen molar-refractivity contribution in [2.24, 2.45) is 0 Å². The minimum Gasteiger partial charge on any atom is -0.507 e. The van der Waals surface area contributed by atoms with Crippen LogP contribution in [-0.2, 0) is 38.6 Å². The van der Waals surface area contributed by atoms with Gasteiger partial charge in [-0.25, -0.2) is 4.79 Å². The molecule has 4 aliphatic rings. The van der Waals surface area contributed by atoms with E-state index in [1.165, 1.54) is 0 Å².